The van der Waals surface area contributed by atoms with Gasteiger partial charge >= 0.3 is 0 Å². The maximum Gasteiger partial charge on any atom is 0.243 e. The number of hydrazone groups is 1. The second-order valence-electron chi connectivity index (χ2n) is 6.17. The summed E-state index contributed by atoms with van der Waals surface area (Å²) >= 11 is 0. The maximum absolute atomic E-state index is 14.0. The fraction of sp³-hybridized carbons (Fsp3) is 0.150. The van der Waals surface area contributed by atoms with E-state index in [-0.39, 0.29) is 17.7 Å². The van der Waals surface area contributed by atoms with Gasteiger partial charge < -0.3 is 0 Å². The number of amides is 1. The lowest BCUT2D eigenvalue weighted by molar-refractivity contribution is -0.122. The lowest BCUT2D eigenvalue weighted by Gasteiger charge is -2.02. The van der Waals surface area contributed by atoms with E-state index >= 15 is 0 Å². The average molecular weight is 333 g/mol. The van der Waals surface area contributed by atoms with E-state index in [0.717, 1.165) is 6.42 Å². The van der Waals surface area contributed by atoms with Crippen molar-refractivity contribution in [3.05, 3.63) is 77.7 Å². The SMILES string of the molecule is O=C(N/N=C/c1cc(F)c2ncccc2c1)[C@@H]1C[C@H]1c1ccccc1. The molecule has 0 radical (unpaired) electrons. The summed E-state index contributed by atoms with van der Waals surface area (Å²) in [4.78, 5) is 16.2. The Morgan fingerprint density at radius 2 is 2.04 bits per heavy atom. The van der Waals surface area contributed by atoms with Gasteiger partial charge in [0.2, 0.25) is 5.91 Å². The molecule has 0 saturated heterocycles. The zero-order chi connectivity index (χ0) is 17.2. The van der Waals surface area contributed by atoms with E-state index in [2.05, 4.69) is 15.5 Å². The summed E-state index contributed by atoms with van der Waals surface area (Å²) in [6.07, 6.45) is 3.84. The monoisotopic (exact) mass is 333 g/mol. The van der Waals surface area contributed by atoms with Gasteiger partial charge in [0.15, 0.2) is 0 Å². The van der Waals surface area contributed by atoms with Crippen LogP contribution in [-0.4, -0.2) is 17.1 Å². The summed E-state index contributed by atoms with van der Waals surface area (Å²) in [5.41, 5.74) is 4.63. The number of carbonyl (C=O) groups excluding carboxylic acids is 1. The Kier molecular flexibility index (Phi) is 3.98. The molecule has 1 N–H and O–H groups in total. The first-order valence-electron chi connectivity index (χ1n) is 8.14. The van der Waals surface area contributed by atoms with Crippen molar-refractivity contribution >= 4 is 23.0 Å². The van der Waals surface area contributed by atoms with Crippen LogP contribution < -0.4 is 5.43 Å². The van der Waals surface area contributed by atoms with E-state index in [9.17, 15) is 9.18 Å². The van der Waals surface area contributed by atoms with Crippen molar-refractivity contribution in [1.29, 1.82) is 0 Å². The number of pyridine rings is 1. The molecule has 2 atom stereocenters. The molecule has 1 aliphatic carbocycles. The van der Waals surface area contributed by atoms with E-state index < -0.39 is 5.82 Å². The molecule has 1 saturated carbocycles. The van der Waals surface area contributed by atoms with Gasteiger partial charge in [-0.15, -0.1) is 0 Å². The van der Waals surface area contributed by atoms with Gasteiger partial charge in [-0.1, -0.05) is 36.4 Å². The first kappa shape index (κ1) is 15.4. The quantitative estimate of drug-likeness (QED) is 0.585. The molecule has 0 aliphatic heterocycles. The number of rotatable bonds is 4. The fourth-order valence-electron chi connectivity index (χ4n) is 3.05. The molecule has 1 fully saturated rings. The van der Waals surface area contributed by atoms with Crippen LogP contribution in [-0.2, 0) is 4.79 Å². The van der Waals surface area contributed by atoms with Crippen molar-refractivity contribution in [3.63, 3.8) is 0 Å². The van der Waals surface area contributed by atoms with Crippen LogP contribution in [0.3, 0.4) is 0 Å². The highest BCUT2D eigenvalue weighted by atomic mass is 19.1. The summed E-state index contributed by atoms with van der Waals surface area (Å²) in [7, 11) is 0. The minimum Gasteiger partial charge on any atom is -0.273 e. The molecule has 5 heteroatoms. The number of hydrogen-bond donors (Lipinski definition) is 1. The van der Waals surface area contributed by atoms with Crippen LogP contribution in [0.1, 0.15) is 23.5 Å². The molecule has 0 bridgehead atoms. The van der Waals surface area contributed by atoms with Crippen LogP contribution in [0.5, 0.6) is 0 Å². The minimum absolute atomic E-state index is 0.0444. The smallest absolute Gasteiger partial charge is 0.243 e. The van der Waals surface area contributed by atoms with Crippen LogP contribution in [0.25, 0.3) is 10.9 Å². The van der Waals surface area contributed by atoms with E-state index in [4.69, 9.17) is 0 Å². The van der Waals surface area contributed by atoms with E-state index in [1.54, 1.807) is 24.4 Å². The number of carbonyl (C=O) groups is 1. The van der Waals surface area contributed by atoms with Crippen LogP contribution >= 0.6 is 0 Å². The number of aromatic nitrogens is 1. The maximum atomic E-state index is 14.0. The Bertz CT molecular complexity index is 956. The molecule has 1 aliphatic rings. The second-order valence-corrected chi connectivity index (χ2v) is 6.17. The normalized spacial score (nSPS) is 19.2. The standard InChI is InChI=1S/C20H16FN3O/c21-18-10-13(9-15-7-4-8-22-19(15)18)12-23-24-20(25)17-11-16(17)14-5-2-1-3-6-14/h1-10,12,16-17H,11H2,(H,24,25)/b23-12+/t16-,17+/m0/s1. The lowest BCUT2D eigenvalue weighted by atomic mass is 10.1. The van der Waals surface area contributed by atoms with Gasteiger partial charge in [-0.2, -0.15) is 5.10 Å². The molecule has 0 unspecified atom stereocenters. The molecular weight excluding hydrogens is 317 g/mol. The van der Waals surface area contributed by atoms with Crippen LogP contribution in [0, 0.1) is 11.7 Å². The van der Waals surface area contributed by atoms with Gasteiger partial charge in [0.1, 0.15) is 11.3 Å². The highest BCUT2D eigenvalue weighted by Gasteiger charge is 2.43. The highest BCUT2D eigenvalue weighted by Crippen LogP contribution is 2.47. The molecule has 1 aromatic heterocycles. The van der Waals surface area contributed by atoms with Crippen LogP contribution in [0.4, 0.5) is 4.39 Å². The highest BCUT2D eigenvalue weighted by molar-refractivity contribution is 5.90. The van der Waals surface area contributed by atoms with Gasteiger partial charge in [0.05, 0.1) is 6.21 Å². The molecule has 124 valence electrons. The Morgan fingerprint density at radius 3 is 2.88 bits per heavy atom. The Morgan fingerprint density at radius 1 is 1.20 bits per heavy atom. The van der Waals surface area contributed by atoms with Gasteiger partial charge in [-0.05, 0) is 41.7 Å². The average Bonchev–Trinajstić information content (AvgIpc) is 3.43. The Balaban J connectivity index is 1.41. The Labute approximate surface area is 144 Å². The number of nitrogens with zero attached hydrogens (tertiary/aromatic N) is 2. The van der Waals surface area contributed by atoms with Crippen molar-refractivity contribution in [2.75, 3.05) is 0 Å². The third-order valence-corrected chi connectivity index (χ3v) is 4.42. The van der Waals surface area contributed by atoms with Crippen LogP contribution in [0.2, 0.25) is 0 Å². The second kappa shape index (κ2) is 6.43. The number of benzene rings is 2. The van der Waals surface area contributed by atoms with Crippen LogP contribution in [0.15, 0.2) is 65.9 Å². The number of fused-ring (bicyclic) bond motifs is 1. The number of hydrogen-bond acceptors (Lipinski definition) is 3. The zero-order valence-electron chi connectivity index (χ0n) is 13.4. The predicted molar refractivity (Wildman–Crippen MR) is 94.7 cm³/mol. The van der Waals surface area contributed by atoms with Gasteiger partial charge in [-0.3, -0.25) is 9.78 Å². The minimum atomic E-state index is -0.405. The molecule has 2 aromatic carbocycles. The van der Waals surface area contributed by atoms with Gasteiger partial charge in [0, 0.05) is 17.5 Å². The van der Waals surface area contributed by atoms with E-state index in [1.807, 2.05) is 30.3 Å². The largest absolute Gasteiger partial charge is 0.273 e. The molecule has 25 heavy (non-hydrogen) atoms. The summed E-state index contributed by atoms with van der Waals surface area (Å²) in [6, 6.07) is 16.7. The summed E-state index contributed by atoms with van der Waals surface area (Å²) < 4.78 is 14.0. The molecule has 4 nitrogen and oxygen atoms in total. The number of nitrogens with one attached hydrogen (secondary N) is 1. The molecule has 4 rings (SSSR count). The molecular formula is C20H16FN3O. The zero-order valence-corrected chi connectivity index (χ0v) is 13.4. The lowest BCUT2D eigenvalue weighted by Crippen LogP contribution is -2.20. The summed E-state index contributed by atoms with van der Waals surface area (Å²) in [5, 5.41) is 4.66. The van der Waals surface area contributed by atoms with Crippen molar-refractivity contribution in [2.24, 2.45) is 11.0 Å². The molecule has 3 aromatic rings. The number of halogens is 1. The molecule has 1 amide bonds. The Hall–Kier alpha value is -3.08. The third kappa shape index (κ3) is 3.26. The molecule has 0 spiro atoms. The van der Waals surface area contributed by atoms with Crippen molar-refractivity contribution in [3.8, 4) is 0 Å². The third-order valence-electron chi connectivity index (χ3n) is 4.42. The summed E-state index contributed by atoms with van der Waals surface area (Å²) in [5.74, 6) is -0.289. The van der Waals surface area contributed by atoms with E-state index in [1.165, 1.54) is 17.8 Å². The van der Waals surface area contributed by atoms with Gasteiger partial charge in [0.25, 0.3) is 0 Å². The fourth-order valence-corrected chi connectivity index (χ4v) is 3.05. The van der Waals surface area contributed by atoms with Crippen molar-refractivity contribution in [1.82, 2.24) is 10.4 Å². The van der Waals surface area contributed by atoms with Crippen molar-refractivity contribution < 1.29 is 9.18 Å². The predicted octanol–water partition coefficient (Wildman–Crippen LogP) is 3.63. The topological polar surface area (TPSA) is 54.4 Å². The van der Waals surface area contributed by atoms with Gasteiger partial charge in [-0.25, -0.2) is 9.82 Å². The summed E-state index contributed by atoms with van der Waals surface area (Å²) in [6.45, 7) is 0. The molecule has 1 heterocycles. The van der Waals surface area contributed by atoms with E-state index in [0.29, 0.717) is 16.5 Å². The first-order valence-corrected chi connectivity index (χ1v) is 8.14. The first-order chi connectivity index (χ1) is 12.2. The van der Waals surface area contributed by atoms with Crippen molar-refractivity contribution in [2.45, 2.75) is 12.3 Å².